The summed E-state index contributed by atoms with van der Waals surface area (Å²) in [6.07, 6.45) is 1.73. The number of thiophene rings is 1. The molecule has 0 saturated heterocycles. The topological polar surface area (TPSA) is 63.8 Å². The minimum Gasteiger partial charge on any atom is -0.390 e. The third-order valence-corrected chi connectivity index (χ3v) is 4.02. The molecule has 0 aromatic carbocycles. The summed E-state index contributed by atoms with van der Waals surface area (Å²) in [6.45, 7) is 0.491. The van der Waals surface area contributed by atoms with E-state index in [1.807, 2.05) is 10.8 Å². The average molecular weight is 278 g/mol. The molecule has 0 aliphatic heterocycles. The Bertz CT molecular complexity index is 629. The monoisotopic (exact) mass is 278 g/mol. The van der Waals surface area contributed by atoms with Crippen molar-refractivity contribution in [3.63, 3.8) is 0 Å². The number of hydrogen-bond donors (Lipinski definition) is 1. The van der Waals surface area contributed by atoms with Gasteiger partial charge < -0.3 is 5.11 Å². The Morgan fingerprint density at radius 2 is 2.22 bits per heavy atom. The van der Waals surface area contributed by atoms with Crippen molar-refractivity contribution in [1.82, 2.24) is 20.0 Å². The Balaban J connectivity index is 1.77. The van der Waals surface area contributed by atoms with Gasteiger partial charge in [-0.1, -0.05) is 5.21 Å². The van der Waals surface area contributed by atoms with Crippen molar-refractivity contribution in [3.05, 3.63) is 39.8 Å². The normalized spacial score (nSPS) is 10.9. The van der Waals surface area contributed by atoms with Crippen LogP contribution in [0.5, 0.6) is 0 Å². The molecule has 7 heteroatoms. The van der Waals surface area contributed by atoms with Crippen LogP contribution in [0.3, 0.4) is 0 Å². The highest BCUT2D eigenvalue weighted by Crippen LogP contribution is 2.25. The first-order chi connectivity index (χ1) is 8.85. The second kappa shape index (κ2) is 4.97. The summed E-state index contributed by atoms with van der Waals surface area (Å²) in [7, 11) is 0. The lowest BCUT2D eigenvalue weighted by Gasteiger charge is -1.94. The Labute approximate surface area is 111 Å². The van der Waals surface area contributed by atoms with E-state index in [4.69, 9.17) is 5.11 Å². The zero-order valence-corrected chi connectivity index (χ0v) is 11.0. The van der Waals surface area contributed by atoms with Gasteiger partial charge in [0, 0.05) is 16.3 Å². The van der Waals surface area contributed by atoms with E-state index in [-0.39, 0.29) is 6.61 Å². The minimum absolute atomic E-state index is 0.0861. The van der Waals surface area contributed by atoms with Crippen LogP contribution in [0, 0.1) is 0 Å². The van der Waals surface area contributed by atoms with E-state index in [1.165, 1.54) is 0 Å². The molecule has 0 amide bonds. The maximum atomic E-state index is 8.92. The summed E-state index contributed by atoms with van der Waals surface area (Å²) in [4.78, 5) is 4.56. The molecular formula is C11H10N4OS2. The van der Waals surface area contributed by atoms with Gasteiger partial charge in [0.1, 0.15) is 10.7 Å². The van der Waals surface area contributed by atoms with Gasteiger partial charge in [0.2, 0.25) is 0 Å². The van der Waals surface area contributed by atoms with E-state index < -0.39 is 0 Å². The molecular weight excluding hydrogens is 268 g/mol. The third kappa shape index (κ3) is 2.33. The molecule has 0 atom stereocenters. The SMILES string of the molecule is OCc1cn(Cc2csc(-c3ccsc3)n2)nn1. The van der Waals surface area contributed by atoms with Gasteiger partial charge in [-0.25, -0.2) is 9.67 Å². The van der Waals surface area contributed by atoms with Crippen molar-refractivity contribution in [2.45, 2.75) is 13.2 Å². The fourth-order valence-corrected chi connectivity index (χ4v) is 3.08. The molecule has 0 bridgehead atoms. The lowest BCUT2D eigenvalue weighted by atomic mass is 10.3. The molecule has 3 aromatic rings. The number of rotatable bonds is 4. The molecule has 3 rings (SSSR count). The largest absolute Gasteiger partial charge is 0.390 e. The third-order valence-electron chi connectivity index (χ3n) is 2.39. The number of aliphatic hydroxyl groups excluding tert-OH is 1. The predicted molar refractivity (Wildman–Crippen MR) is 70.5 cm³/mol. The average Bonchev–Trinajstić information content (AvgIpc) is 3.10. The number of aromatic nitrogens is 4. The van der Waals surface area contributed by atoms with Gasteiger partial charge in [-0.2, -0.15) is 11.3 Å². The Kier molecular flexibility index (Phi) is 3.18. The van der Waals surface area contributed by atoms with Crippen LogP contribution in [0.4, 0.5) is 0 Å². The van der Waals surface area contributed by atoms with Crippen LogP contribution >= 0.6 is 22.7 Å². The Morgan fingerprint density at radius 1 is 1.28 bits per heavy atom. The highest BCUT2D eigenvalue weighted by molar-refractivity contribution is 7.14. The predicted octanol–water partition coefficient (Wildman–Crippen LogP) is 2.00. The quantitative estimate of drug-likeness (QED) is 0.793. The minimum atomic E-state index is -0.0861. The van der Waals surface area contributed by atoms with Gasteiger partial charge in [-0.05, 0) is 11.4 Å². The first-order valence-corrected chi connectivity index (χ1v) is 7.14. The van der Waals surface area contributed by atoms with E-state index in [9.17, 15) is 0 Å². The Morgan fingerprint density at radius 3 is 2.94 bits per heavy atom. The molecule has 3 heterocycles. The van der Waals surface area contributed by atoms with Crippen LogP contribution in [0.1, 0.15) is 11.4 Å². The first-order valence-electron chi connectivity index (χ1n) is 5.32. The molecule has 0 fully saturated rings. The summed E-state index contributed by atoms with van der Waals surface area (Å²) in [5.74, 6) is 0. The molecule has 0 unspecified atom stereocenters. The van der Waals surface area contributed by atoms with Crippen LogP contribution in [0.25, 0.3) is 10.6 Å². The molecule has 0 aliphatic rings. The van der Waals surface area contributed by atoms with Crippen LogP contribution in [0.2, 0.25) is 0 Å². The van der Waals surface area contributed by atoms with Gasteiger partial charge in [-0.15, -0.1) is 16.4 Å². The zero-order valence-electron chi connectivity index (χ0n) is 9.35. The maximum Gasteiger partial charge on any atom is 0.124 e. The number of nitrogens with zero attached hydrogens (tertiary/aromatic N) is 4. The van der Waals surface area contributed by atoms with Gasteiger partial charge >= 0.3 is 0 Å². The number of thiazole rings is 1. The molecule has 92 valence electrons. The second-order valence-electron chi connectivity index (χ2n) is 3.72. The van der Waals surface area contributed by atoms with Crippen molar-refractivity contribution in [3.8, 4) is 10.6 Å². The van der Waals surface area contributed by atoms with Crippen molar-refractivity contribution in [2.75, 3.05) is 0 Å². The smallest absolute Gasteiger partial charge is 0.124 e. The summed E-state index contributed by atoms with van der Waals surface area (Å²) in [5, 5.41) is 23.8. The van der Waals surface area contributed by atoms with Crippen molar-refractivity contribution in [1.29, 1.82) is 0 Å². The molecule has 0 spiro atoms. The van der Waals surface area contributed by atoms with E-state index in [2.05, 4.69) is 26.7 Å². The fourth-order valence-electron chi connectivity index (χ4n) is 1.55. The van der Waals surface area contributed by atoms with Crippen LogP contribution < -0.4 is 0 Å². The van der Waals surface area contributed by atoms with E-state index in [0.29, 0.717) is 12.2 Å². The highest BCUT2D eigenvalue weighted by atomic mass is 32.1. The summed E-state index contributed by atoms with van der Waals surface area (Å²) in [6, 6.07) is 2.06. The van der Waals surface area contributed by atoms with Crippen molar-refractivity contribution >= 4 is 22.7 Å². The van der Waals surface area contributed by atoms with E-state index in [0.717, 1.165) is 16.3 Å². The zero-order chi connectivity index (χ0) is 12.4. The highest BCUT2D eigenvalue weighted by Gasteiger charge is 2.06. The van der Waals surface area contributed by atoms with Gasteiger partial charge in [0.05, 0.1) is 25.0 Å². The summed E-state index contributed by atoms with van der Waals surface area (Å²) < 4.78 is 1.68. The summed E-state index contributed by atoms with van der Waals surface area (Å²) in [5.41, 5.74) is 2.68. The molecule has 3 aromatic heterocycles. The molecule has 0 aliphatic carbocycles. The molecule has 0 radical (unpaired) electrons. The molecule has 0 saturated carbocycles. The van der Waals surface area contributed by atoms with E-state index in [1.54, 1.807) is 33.6 Å². The lowest BCUT2D eigenvalue weighted by molar-refractivity contribution is 0.276. The molecule has 18 heavy (non-hydrogen) atoms. The fraction of sp³-hybridized carbons (Fsp3) is 0.182. The van der Waals surface area contributed by atoms with Crippen LogP contribution in [0.15, 0.2) is 28.4 Å². The Hall–Kier alpha value is -1.57. The van der Waals surface area contributed by atoms with Gasteiger partial charge in [0.15, 0.2) is 0 Å². The van der Waals surface area contributed by atoms with E-state index >= 15 is 0 Å². The van der Waals surface area contributed by atoms with Gasteiger partial charge in [-0.3, -0.25) is 0 Å². The lowest BCUT2D eigenvalue weighted by Crippen LogP contribution is -2.00. The molecule has 1 N–H and O–H groups in total. The van der Waals surface area contributed by atoms with Gasteiger partial charge in [0.25, 0.3) is 0 Å². The number of aliphatic hydroxyl groups is 1. The summed E-state index contributed by atoms with van der Waals surface area (Å²) >= 11 is 3.29. The molecule has 5 nitrogen and oxygen atoms in total. The standard InChI is InChI=1S/C11H10N4OS2/c16-5-9-3-15(14-13-9)4-10-7-18-11(12-10)8-1-2-17-6-8/h1-3,6-7,16H,4-5H2. The van der Waals surface area contributed by atoms with Crippen LogP contribution in [-0.2, 0) is 13.2 Å². The van der Waals surface area contributed by atoms with Crippen molar-refractivity contribution < 1.29 is 5.11 Å². The van der Waals surface area contributed by atoms with Crippen molar-refractivity contribution in [2.24, 2.45) is 0 Å². The second-order valence-corrected chi connectivity index (χ2v) is 5.36. The maximum absolute atomic E-state index is 8.92. The van der Waals surface area contributed by atoms with Crippen LogP contribution in [-0.4, -0.2) is 25.1 Å². The first kappa shape index (κ1) is 11.5. The number of hydrogen-bond acceptors (Lipinski definition) is 6.